The Labute approximate surface area is 157 Å². The van der Waals surface area contributed by atoms with Crippen molar-refractivity contribution in [1.82, 2.24) is 15.6 Å². The number of carboxylic acid groups (broad SMARTS) is 1. The van der Waals surface area contributed by atoms with Crippen LogP contribution in [0, 0.1) is 0 Å². The van der Waals surface area contributed by atoms with Crippen molar-refractivity contribution in [2.24, 2.45) is 0 Å². The maximum absolute atomic E-state index is 11.7. The Balaban J connectivity index is 2.30. The van der Waals surface area contributed by atoms with Gasteiger partial charge in [-0.25, -0.2) is 4.98 Å². The van der Waals surface area contributed by atoms with E-state index in [4.69, 9.17) is 5.11 Å². The van der Waals surface area contributed by atoms with Gasteiger partial charge in [-0.2, -0.15) is 0 Å². The molecular weight excluding hydrogens is 354 g/mol. The molecule has 0 bridgehead atoms. The molecule has 0 spiro atoms. The maximum Gasteiger partial charge on any atom is 0.325 e. The minimum atomic E-state index is -1.13. The molecule has 0 aliphatic carbocycles. The van der Waals surface area contributed by atoms with Gasteiger partial charge in [0.1, 0.15) is 6.04 Å². The number of carboxylic acids is 1. The van der Waals surface area contributed by atoms with Crippen molar-refractivity contribution in [2.45, 2.75) is 58.4 Å². The number of aromatic nitrogens is 1. The molecule has 3 N–H and O–H groups in total. The Kier molecular flexibility index (Phi) is 10.2. The molecule has 1 aromatic heterocycles. The average molecular weight is 381 g/mol. The molecule has 1 heterocycles. The molecule has 7 nitrogen and oxygen atoms in total. The first-order valence-electron chi connectivity index (χ1n) is 8.84. The Bertz CT molecular complexity index is 628. The number of nitrogens with zero attached hydrogens (tertiary/aromatic N) is 1. The Morgan fingerprint density at radius 2 is 2.00 bits per heavy atom. The molecule has 2 amide bonds. The summed E-state index contributed by atoms with van der Waals surface area (Å²) >= 11 is 1.58. The number of thiazole rings is 1. The van der Waals surface area contributed by atoms with Crippen molar-refractivity contribution < 1.29 is 19.5 Å². The number of carbonyl (C=O) groups is 3. The molecule has 26 heavy (non-hydrogen) atoms. The van der Waals surface area contributed by atoms with Crippen LogP contribution in [0.5, 0.6) is 0 Å². The summed E-state index contributed by atoms with van der Waals surface area (Å²) in [6.45, 7) is 3.27. The summed E-state index contributed by atoms with van der Waals surface area (Å²) in [5.74, 6) is -2.12. The predicted octanol–water partition coefficient (Wildman–Crippen LogP) is 2.37. The number of nitrogens with one attached hydrogen (secondary N) is 2. The maximum atomic E-state index is 11.7. The number of hydrogen-bond donors (Lipinski definition) is 3. The summed E-state index contributed by atoms with van der Waals surface area (Å²) in [4.78, 5) is 38.3. The lowest BCUT2D eigenvalue weighted by Gasteiger charge is -2.08. The second-order valence-corrected chi connectivity index (χ2v) is 6.95. The lowest BCUT2D eigenvalue weighted by atomic mass is 10.1. The van der Waals surface area contributed by atoms with Crippen molar-refractivity contribution in [3.05, 3.63) is 22.2 Å². The van der Waals surface area contributed by atoms with Gasteiger partial charge in [0.15, 0.2) is 0 Å². The minimum Gasteiger partial charge on any atom is -0.480 e. The molecule has 0 saturated heterocycles. The van der Waals surface area contributed by atoms with Gasteiger partial charge in [-0.05, 0) is 25.8 Å². The van der Waals surface area contributed by atoms with Gasteiger partial charge in [-0.3, -0.25) is 14.4 Å². The summed E-state index contributed by atoms with van der Waals surface area (Å²) in [6, 6.07) is -0.995. The lowest BCUT2D eigenvalue weighted by Crippen LogP contribution is -2.43. The van der Waals surface area contributed by atoms with E-state index in [9.17, 15) is 14.4 Å². The second kappa shape index (κ2) is 12.2. The summed E-state index contributed by atoms with van der Waals surface area (Å²) < 4.78 is 0. The van der Waals surface area contributed by atoms with Crippen LogP contribution in [0.1, 0.15) is 56.7 Å². The third-order valence-electron chi connectivity index (χ3n) is 3.64. The first kappa shape index (κ1) is 21.8. The van der Waals surface area contributed by atoms with Crippen LogP contribution in [0.2, 0.25) is 0 Å². The fourth-order valence-corrected chi connectivity index (χ4v) is 2.95. The van der Waals surface area contributed by atoms with Gasteiger partial charge in [-0.15, -0.1) is 11.3 Å². The van der Waals surface area contributed by atoms with Crippen LogP contribution >= 0.6 is 11.3 Å². The summed E-state index contributed by atoms with van der Waals surface area (Å²) in [7, 11) is 0. The van der Waals surface area contributed by atoms with Crippen molar-refractivity contribution in [3.63, 3.8) is 0 Å². The van der Waals surface area contributed by atoms with Crippen molar-refractivity contribution in [3.8, 4) is 0 Å². The summed E-state index contributed by atoms with van der Waals surface area (Å²) in [5, 5.41) is 16.3. The standard InChI is InChI=1S/C18H27N3O4S/c1-3-4-5-6-7-8-17-21-14(12-26-17)9-10-15(22)19-11-16(23)20-13(2)18(24)25/h9-10,12-13H,3-8,11H2,1-2H3,(H,19,22)(H,20,23)(H,24,25). The average Bonchev–Trinajstić information content (AvgIpc) is 3.05. The van der Waals surface area contributed by atoms with Crippen LogP contribution < -0.4 is 10.6 Å². The number of aliphatic carboxylic acids is 1. The van der Waals surface area contributed by atoms with Crippen LogP contribution in [0.4, 0.5) is 0 Å². The minimum absolute atomic E-state index is 0.277. The van der Waals surface area contributed by atoms with Crippen LogP contribution in [0.3, 0.4) is 0 Å². The molecule has 144 valence electrons. The van der Waals surface area contributed by atoms with E-state index >= 15 is 0 Å². The molecule has 0 aliphatic rings. The summed E-state index contributed by atoms with van der Waals surface area (Å²) in [5.41, 5.74) is 0.720. The Morgan fingerprint density at radius 3 is 2.69 bits per heavy atom. The van der Waals surface area contributed by atoms with Crippen LogP contribution in [0.25, 0.3) is 6.08 Å². The highest BCUT2D eigenvalue weighted by Gasteiger charge is 2.13. The van der Waals surface area contributed by atoms with Crippen molar-refractivity contribution in [1.29, 1.82) is 0 Å². The van der Waals surface area contributed by atoms with E-state index in [2.05, 4.69) is 22.5 Å². The molecule has 1 unspecified atom stereocenters. The monoisotopic (exact) mass is 381 g/mol. The third-order valence-corrected chi connectivity index (χ3v) is 4.57. The lowest BCUT2D eigenvalue weighted by molar-refractivity contribution is -0.141. The van der Waals surface area contributed by atoms with Crippen molar-refractivity contribution >= 4 is 35.2 Å². The molecule has 0 aromatic carbocycles. The molecule has 1 aromatic rings. The van der Waals surface area contributed by atoms with Gasteiger partial charge >= 0.3 is 5.97 Å². The summed E-state index contributed by atoms with van der Waals surface area (Å²) in [6.07, 6.45) is 9.97. The molecule has 0 aliphatic heterocycles. The number of aryl methyl sites for hydroxylation is 1. The fourth-order valence-electron chi connectivity index (χ4n) is 2.14. The fraction of sp³-hybridized carbons (Fsp3) is 0.556. The topological polar surface area (TPSA) is 108 Å². The van der Waals surface area contributed by atoms with Gasteiger partial charge in [-0.1, -0.05) is 32.6 Å². The van der Waals surface area contributed by atoms with Gasteiger partial charge in [0.05, 0.1) is 17.2 Å². The zero-order valence-electron chi connectivity index (χ0n) is 15.3. The van der Waals surface area contributed by atoms with E-state index in [1.807, 2.05) is 5.38 Å². The Morgan fingerprint density at radius 1 is 1.27 bits per heavy atom. The first-order chi connectivity index (χ1) is 12.4. The zero-order chi connectivity index (χ0) is 19.4. The SMILES string of the molecule is CCCCCCCc1nc(C=CC(=O)NCC(=O)NC(C)C(=O)O)cs1. The van der Waals surface area contributed by atoms with Crippen LogP contribution in [-0.4, -0.2) is 40.5 Å². The van der Waals surface area contributed by atoms with Crippen LogP contribution in [0.15, 0.2) is 11.5 Å². The van der Waals surface area contributed by atoms with Gasteiger partial charge in [0.25, 0.3) is 0 Å². The number of amides is 2. The van der Waals surface area contributed by atoms with E-state index in [1.54, 1.807) is 17.4 Å². The quantitative estimate of drug-likeness (QED) is 0.380. The highest BCUT2D eigenvalue weighted by Crippen LogP contribution is 2.15. The first-order valence-corrected chi connectivity index (χ1v) is 9.72. The molecule has 0 radical (unpaired) electrons. The van der Waals surface area contributed by atoms with E-state index in [0.29, 0.717) is 0 Å². The second-order valence-electron chi connectivity index (χ2n) is 6.01. The van der Waals surface area contributed by atoms with E-state index < -0.39 is 23.8 Å². The molecular formula is C18H27N3O4S. The van der Waals surface area contributed by atoms with E-state index in [0.717, 1.165) is 23.5 Å². The molecule has 0 fully saturated rings. The van der Waals surface area contributed by atoms with Gasteiger partial charge in [0, 0.05) is 11.5 Å². The molecule has 1 rings (SSSR count). The Hall–Kier alpha value is -2.22. The smallest absolute Gasteiger partial charge is 0.325 e. The highest BCUT2D eigenvalue weighted by molar-refractivity contribution is 7.09. The number of unbranched alkanes of at least 4 members (excludes halogenated alkanes) is 4. The van der Waals surface area contributed by atoms with Gasteiger partial charge in [0.2, 0.25) is 11.8 Å². The van der Waals surface area contributed by atoms with Crippen LogP contribution in [-0.2, 0) is 20.8 Å². The molecule has 0 saturated carbocycles. The number of carbonyl (C=O) groups excluding carboxylic acids is 2. The highest BCUT2D eigenvalue weighted by atomic mass is 32.1. The zero-order valence-corrected chi connectivity index (χ0v) is 16.1. The third kappa shape index (κ3) is 9.31. The largest absolute Gasteiger partial charge is 0.480 e. The number of rotatable bonds is 12. The van der Waals surface area contributed by atoms with E-state index in [1.165, 1.54) is 38.7 Å². The van der Waals surface area contributed by atoms with Gasteiger partial charge < -0.3 is 15.7 Å². The number of hydrogen-bond acceptors (Lipinski definition) is 5. The normalized spacial score (nSPS) is 12.1. The van der Waals surface area contributed by atoms with Crippen molar-refractivity contribution in [2.75, 3.05) is 6.54 Å². The van der Waals surface area contributed by atoms with E-state index in [-0.39, 0.29) is 6.54 Å². The molecule has 1 atom stereocenters. The predicted molar refractivity (Wildman–Crippen MR) is 102 cm³/mol. The molecule has 8 heteroatoms.